The zero-order valence-electron chi connectivity index (χ0n) is 18.4. The molecular formula is C14H24N3O16P4+. The summed E-state index contributed by atoms with van der Waals surface area (Å²) in [4.78, 5) is 78.4. The van der Waals surface area contributed by atoms with Gasteiger partial charge in [0.15, 0.2) is 0 Å². The van der Waals surface area contributed by atoms with Gasteiger partial charge in [-0.1, -0.05) is 11.8 Å². The third kappa shape index (κ3) is 11.3. The van der Waals surface area contributed by atoms with Crippen molar-refractivity contribution in [1.82, 2.24) is 9.55 Å². The molecule has 1 aromatic heterocycles. The number of hydrogen-bond donors (Lipinski definition) is 9. The van der Waals surface area contributed by atoms with E-state index in [1.54, 1.807) is 0 Å². The number of hydrogen-bond acceptors (Lipinski definition) is 14. The highest BCUT2D eigenvalue weighted by Gasteiger charge is 2.43. The molecule has 2 rings (SSSR count). The number of nitrogens with zero attached hydrogens (tertiary/aromatic N) is 2. The van der Waals surface area contributed by atoms with Gasteiger partial charge < -0.3 is 35.2 Å². The number of aromatic nitrogens is 2. The Morgan fingerprint density at radius 3 is 2.41 bits per heavy atom. The van der Waals surface area contributed by atoms with Gasteiger partial charge >= 0.3 is 37.1 Å². The van der Waals surface area contributed by atoms with E-state index in [2.05, 4.69) is 30.0 Å². The predicted molar refractivity (Wildman–Crippen MR) is 122 cm³/mol. The number of anilines is 1. The van der Waals surface area contributed by atoms with E-state index in [1.807, 2.05) is 0 Å². The maximum absolute atomic E-state index is 12.3. The fourth-order valence-electron chi connectivity index (χ4n) is 2.83. The van der Waals surface area contributed by atoms with Crippen LogP contribution >= 0.6 is 31.4 Å². The summed E-state index contributed by atoms with van der Waals surface area (Å²) in [5, 5.41) is 10.2. The maximum atomic E-state index is 12.3. The molecule has 0 saturated carbocycles. The first-order valence-corrected chi connectivity index (χ1v) is 16.2. The Kier molecular flexibility index (Phi) is 10.7. The van der Waals surface area contributed by atoms with Gasteiger partial charge in [-0.3, -0.25) is 9.09 Å². The van der Waals surface area contributed by atoms with E-state index in [-0.39, 0.29) is 36.8 Å². The third-order valence-corrected chi connectivity index (χ3v) is 9.02. The van der Waals surface area contributed by atoms with Crippen LogP contribution in [0, 0.1) is 11.8 Å². The molecule has 0 spiro atoms. The summed E-state index contributed by atoms with van der Waals surface area (Å²) in [7, 11) is -20.7. The topological polar surface area (TPSA) is 311 Å². The molecule has 0 bridgehead atoms. The van der Waals surface area contributed by atoms with Crippen LogP contribution in [-0.2, 0) is 31.6 Å². The van der Waals surface area contributed by atoms with Crippen LogP contribution in [0.2, 0.25) is 0 Å². The monoisotopic (exact) mass is 614 g/mol. The van der Waals surface area contributed by atoms with Crippen molar-refractivity contribution in [3.8, 4) is 11.8 Å². The van der Waals surface area contributed by atoms with E-state index in [1.165, 1.54) is 6.20 Å². The first-order valence-electron chi connectivity index (χ1n) is 9.83. The molecule has 210 valence electrons. The van der Waals surface area contributed by atoms with Crippen molar-refractivity contribution >= 4 is 37.2 Å². The van der Waals surface area contributed by atoms with Gasteiger partial charge in [-0.2, -0.15) is 28.3 Å². The second-order valence-corrected chi connectivity index (χ2v) is 13.6. The second-order valence-electron chi connectivity index (χ2n) is 7.37. The molecule has 0 aliphatic carbocycles. The second kappa shape index (κ2) is 12.4. The van der Waals surface area contributed by atoms with Crippen LogP contribution in [0.5, 0.6) is 0 Å². The Morgan fingerprint density at radius 1 is 1.16 bits per heavy atom. The molecule has 0 amide bonds. The van der Waals surface area contributed by atoms with E-state index in [0.29, 0.717) is 0 Å². The molecule has 37 heavy (non-hydrogen) atoms. The zero-order valence-corrected chi connectivity index (χ0v) is 22.0. The number of phosphoric ester groups is 1. The van der Waals surface area contributed by atoms with Crippen LogP contribution in [0.3, 0.4) is 0 Å². The Balaban J connectivity index is 2.05. The largest absolute Gasteiger partial charge is 0.490 e. The Morgan fingerprint density at radius 2 is 1.81 bits per heavy atom. The molecule has 5 unspecified atom stereocenters. The van der Waals surface area contributed by atoms with Crippen LogP contribution < -0.4 is 11.4 Å². The van der Waals surface area contributed by atoms with Gasteiger partial charge in [-0.05, 0) is 6.42 Å². The molecule has 1 aliphatic heterocycles. The molecular weight excluding hydrogens is 590 g/mol. The summed E-state index contributed by atoms with van der Waals surface area (Å²) in [6.07, 6.45) is -3.00. The lowest BCUT2D eigenvalue weighted by molar-refractivity contribution is -0.0449. The van der Waals surface area contributed by atoms with Crippen LogP contribution in [0.1, 0.15) is 31.1 Å². The van der Waals surface area contributed by atoms with E-state index in [9.17, 15) is 28.5 Å². The lowest BCUT2D eigenvalue weighted by atomic mass is 10.2. The SMILES string of the molecule is Nc1nc(=O)n(C2CC(O)C(COP(=O)(O)OP(=O)(O)OP(=O)(O)O)O2)cc1C#CCCC[P+](O)(O)O. The van der Waals surface area contributed by atoms with Crippen LogP contribution in [0.15, 0.2) is 11.0 Å². The number of nitrogen functional groups attached to an aromatic ring is 1. The number of ether oxygens (including phenoxy) is 1. The minimum absolute atomic E-state index is 0.0763. The minimum atomic E-state index is -5.73. The molecule has 23 heteroatoms. The highest BCUT2D eigenvalue weighted by atomic mass is 31.3. The number of nitrogens with two attached hydrogens (primary N) is 1. The minimum Gasteiger partial charge on any atom is -0.390 e. The predicted octanol–water partition coefficient (Wildman–Crippen LogP) is -1.31. The standard InChI is InChI=1S/C14H23N3O16P4/c15-13-9(4-2-1-3-5-34(20,21)22)7-17(14(19)16-13)12-6-10(18)11(31-12)8-30-36(26,27)33-37(28,29)32-35(23,24)25/h7,10-12,18,20-22H,1,3,5-6,8H2,(H5-,15,16,19,23,24,25,26,27,28,29)/p+1. The first-order chi connectivity index (χ1) is 16.8. The summed E-state index contributed by atoms with van der Waals surface area (Å²) in [6.45, 7) is -0.935. The fraction of sp³-hybridized carbons (Fsp3) is 0.571. The molecule has 1 saturated heterocycles. The number of phosphoric acid groups is 3. The van der Waals surface area contributed by atoms with E-state index >= 15 is 0 Å². The lowest BCUT2D eigenvalue weighted by Gasteiger charge is -2.19. The van der Waals surface area contributed by atoms with E-state index in [4.69, 9.17) is 39.8 Å². The molecule has 19 nitrogen and oxygen atoms in total. The van der Waals surface area contributed by atoms with Crippen molar-refractivity contribution in [3.05, 3.63) is 22.2 Å². The average molecular weight is 614 g/mol. The van der Waals surface area contributed by atoms with Gasteiger partial charge in [0.05, 0.1) is 18.3 Å². The summed E-state index contributed by atoms with van der Waals surface area (Å²) in [5.74, 6) is 5.04. The van der Waals surface area contributed by atoms with Crippen molar-refractivity contribution in [2.45, 2.75) is 37.7 Å². The quantitative estimate of drug-likeness (QED) is 0.0793. The van der Waals surface area contributed by atoms with Gasteiger partial charge in [0.25, 0.3) is 0 Å². The lowest BCUT2D eigenvalue weighted by Crippen LogP contribution is -2.29. The van der Waals surface area contributed by atoms with Crippen molar-refractivity contribution in [2.24, 2.45) is 0 Å². The Labute approximate surface area is 208 Å². The Bertz CT molecular complexity index is 1230. The summed E-state index contributed by atoms with van der Waals surface area (Å²) >= 11 is 0. The summed E-state index contributed by atoms with van der Waals surface area (Å²) < 4.78 is 51.8. The summed E-state index contributed by atoms with van der Waals surface area (Å²) in [6, 6.07) is 0. The molecule has 0 aromatic carbocycles. The zero-order chi connectivity index (χ0) is 28.2. The fourth-order valence-corrected chi connectivity index (χ4v) is 6.44. The van der Waals surface area contributed by atoms with Crippen molar-refractivity contribution < 1.29 is 70.9 Å². The maximum Gasteiger partial charge on any atom is 0.490 e. The van der Waals surface area contributed by atoms with E-state index < -0.39 is 62.1 Å². The smallest absolute Gasteiger partial charge is 0.390 e. The first kappa shape index (κ1) is 32.1. The number of unbranched alkanes of at least 4 members (excludes halogenated alkanes) is 1. The van der Waals surface area contributed by atoms with Gasteiger partial charge in [0.2, 0.25) is 0 Å². The highest BCUT2D eigenvalue weighted by Crippen LogP contribution is 2.66. The van der Waals surface area contributed by atoms with Gasteiger partial charge in [-0.25, -0.2) is 18.5 Å². The van der Waals surface area contributed by atoms with Crippen LogP contribution in [-0.4, -0.2) is 73.9 Å². The molecule has 10 N–H and O–H groups in total. The Hall–Kier alpha value is -1.12. The number of rotatable bonds is 11. The normalized spacial score (nSPS) is 23.6. The molecule has 5 atom stereocenters. The van der Waals surface area contributed by atoms with E-state index in [0.717, 1.165) is 4.57 Å². The van der Waals surface area contributed by atoms with Gasteiger partial charge in [-0.15, -0.1) is 0 Å². The van der Waals surface area contributed by atoms with Crippen molar-refractivity contribution in [1.29, 1.82) is 0 Å². The van der Waals surface area contributed by atoms with Crippen molar-refractivity contribution in [2.75, 3.05) is 18.5 Å². The molecule has 2 heterocycles. The molecule has 1 fully saturated rings. The third-order valence-electron chi connectivity index (χ3n) is 4.30. The highest BCUT2D eigenvalue weighted by molar-refractivity contribution is 7.66. The molecule has 0 radical (unpaired) electrons. The van der Waals surface area contributed by atoms with Gasteiger partial charge in [0, 0.05) is 19.0 Å². The van der Waals surface area contributed by atoms with Crippen molar-refractivity contribution in [3.63, 3.8) is 0 Å². The summed E-state index contributed by atoms with van der Waals surface area (Å²) in [5.41, 5.74) is 4.86. The van der Waals surface area contributed by atoms with Crippen LogP contribution in [0.4, 0.5) is 5.82 Å². The van der Waals surface area contributed by atoms with Crippen LogP contribution in [0.25, 0.3) is 0 Å². The molecule has 1 aliphatic rings. The average Bonchev–Trinajstić information content (AvgIpc) is 3.04. The number of aliphatic hydroxyl groups is 1. The number of aliphatic hydroxyl groups excluding tert-OH is 1. The van der Waals surface area contributed by atoms with Gasteiger partial charge in [0.1, 0.15) is 24.3 Å². The molecule has 1 aromatic rings.